The minimum atomic E-state index is 0.210. The fourth-order valence-electron chi connectivity index (χ4n) is 0.955. The molecule has 15 heavy (non-hydrogen) atoms. The molecule has 0 aliphatic carbocycles. The van der Waals surface area contributed by atoms with Gasteiger partial charge < -0.3 is 13.8 Å². The average Bonchev–Trinajstić information content (AvgIpc) is 3.02. The second-order valence-corrected chi connectivity index (χ2v) is 2.46. The summed E-state index contributed by atoms with van der Waals surface area (Å²) >= 11 is 0. The van der Waals surface area contributed by atoms with E-state index < -0.39 is 0 Å². The molecule has 3 rings (SSSR count). The largest absolute Gasteiger partial charge is 0.421 e. The lowest BCUT2D eigenvalue weighted by atomic mass is 10.5. The van der Waals surface area contributed by atoms with Gasteiger partial charge in [-0.25, -0.2) is 0 Å². The SMILES string of the molecule is [C]1=C(c2nnco2)ON(c2conn2)N1. The molecule has 0 unspecified atom stereocenters. The van der Waals surface area contributed by atoms with Gasteiger partial charge in [-0.1, -0.05) is 10.3 Å². The molecule has 0 saturated carbocycles. The molecule has 3 heterocycles. The van der Waals surface area contributed by atoms with Crippen molar-refractivity contribution >= 4 is 11.6 Å². The van der Waals surface area contributed by atoms with Crippen molar-refractivity contribution in [1.29, 1.82) is 0 Å². The maximum absolute atomic E-state index is 5.22. The Morgan fingerprint density at radius 3 is 3.13 bits per heavy atom. The fraction of sp³-hybridized carbons (Fsp3) is 0. The second-order valence-electron chi connectivity index (χ2n) is 2.46. The molecule has 0 bridgehead atoms. The van der Waals surface area contributed by atoms with E-state index in [2.05, 4.69) is 36.7 Å². The van der Waals surface area contributed by atoms with Crippen molar-refractivity contribution < 1.29 is 13.8 Å². The van der Waals surface area contributed by atoms with E-state index in [0.717, 1.165) is 0 Å². The molecule has 1 aliphatic heterocycles. The van der Waals surface area contributed by atoms with Gasteiger partial charge in [-0.15, -0.1) is 10.2 Å². The molecule has 2 aromatic heterocycles. The minimum Gasteiger partial charge on any atom is -0.421 e. The predicted octanol–water partition coefficient (Wildman–Crippen LogP) is -0.489. The van der Waals surface area contributed by atoms with E-state index in [1.165, 1.54) is 17.8 Å². The van der Waals surface area contributed by atoms with Gasteiger partial charge in [0.2, 0.25) is 12.2 Å². The van der Waals surface area contributed by atoms with E-state index >= 15 is 0 Å². The summed E-state index contributed by atoms with van der Waals surface area (Å²) in [6.45, 7) is 0. The lowest BCUT2D eigenvalue weighted by Crippen LogP contribution is -2.28. The Morgan fingerprint density at radius 1 is 1.40 bits per heavy atom. The summed E-state index contributed by atoms with van der Waals surface area (Å²) in [7, 11) is 0. The fourth-order valence-corrected chi connectivity index (χ4v) is 0.955. The van der Waals surface area contributed by atoms with E-state index in [0.29, 0.717) is 5.82 Å². The van der Waals surface area contributed by atoms with Gasteiger partial charge in [0.15, 0.2) is 6.26 Å². The van der Waals surface area contributed by atoms with Gasteiger partial charge in [0.1, 0.15) is 6.20 Å². The quantitative estimate of drug-likeness (QED) is 0.698. The number of hydrogen-bond acceptors (Lipinski definition) is 9. The van der Waals surface area contributed by atoms with Gasteiger partial charge in [-0.05, 0) is 0 Å². The first-order valence-corrected chi connectivity index (χ1v) is 3.84. The zero-order valence-corrected chi connectivity index (χ0v) is 7.12. The number of nitrogens with one attached hydrogen (secondary N) is 1. The summed E-state index contributed by atoms with van der Waals surface area (Å²) in [5.41, 5.74) is 2.63. The van der Waals surface area contributed by atoms with Gasteiger partial charge in [0.25, 0.3) is 11.7 Å². The van der Waals surface area contributed by atoms with Crippen molar-refractivity contribution in [2.45, 2.75) is 0 Å². The molecular formula is C6H3N6O3. The topological polar surface area (TPSA) is 102 Å². The van der Waals surface area contributed by atoms with Crippen LogP contribution >= 0.6 is 0 Å². The van der Waals surface area contributed by atoms with Crippen LogP contribution in [0.5, 0.6) is 0 Å². The summed E-state index contributed by atoms with van der Waals surface area (Å²) in [6.07, 6.45) is 5.15. The highest BCUT2D eigenvalue weighted by Crippen LogP contribution is 2.20. The average molecular weight is 207 g/mol. The number of anilines is 1. The summed E-state index contributed by atoms with van der Waals surface area (Å²) in [6, 6.07) is 0. The Labute approximate surface area is 82.2 Å². The van der Waals surface area contributed by atoms with Crippen LogP contribution in [-0.4, -0.2) is 20.6 Å². The van der Waals surface area contributed by atoms with Crippen LogP contribution in [0.1, 0.15) is 5.89 Å². The molecule has 2 aromatic rings. The lowest BCUT2D eigenvalue weighted by molar-refractivity contribution is 0.232. The third-order valence-electron chi connectivity index (χ3n) is 1.56. The van der Waals surface area contributed by atoms with Crippen LogP contribution in [0.3, 0.4) is 0 Å². The normalized spacial score (nSPS) is 14.7. The smallest absolute Gasteiger partial charge is 0.288 e. The molecule has 9 nitrogen and oxygen atoms in total. The zero-order valence-electron chi connectivity index (χ0n) is 7.12. The molecule has 0 saturated heterocycles. The molecule has 0 fully saturated rings. The number of hydrogen-bond donors (Lipinski definition) is 1. The zero-order chi connectivity index (χ0) is 10.1. The minimum absolute atomic E-state index is 0.210. The third-order valence-corrected chi connectivity index (χ3v) is 1.56. The van der Waals surface area contributed by atoms with Crippen LogP contribution in [0.15, 0.2) is 21.6 Å². The molecular weight excluding hydrogens is 204 g/mol. The van der Waals surface area contributed by atoms with Gasteiger partial charge in [-0.2, -0.15) is 0 Å². The maximum Gasteiger partial charge on any atom is 0.288 e. The Balaban J connectivity index is 1.78. The van der Waals surface area contributed by atoms with Crippen LogP contribution in [-0.2, 0) is 4.84 Å². The standard InChI is InChI=1S/C6H3N6O3/c1-4(6-10-7-3-13-6)15-12(8-1)5-2-14-11-9-5/h2-3,8H. The monoisotopic (exact) mass is 207 g/mol. The summed E-state index contributed by atoms with van der Waals surface area (Å²) < 4.78 is 9.45. The molecule has 75 valence electrons. The van der Waals surface area contributed by atoms with Gasteiger partial charge in [-0.3, -0.25) is 5.43 Å². The summed E-state index contributed by atoms with van der Waals surface area (Å²) in [4.78, 5) is 5.22. The number of aromatic nitrogens is 4. The Hall–Kier alpha value is -2.58. The summed E-state index contributed by atoms with van der Waals surface area (Å²) in [5, 5.41) is 15.2. The van der Waals surface area contributed by atoms with Crippen LogP contribution in [0.25, 0.3) is 5.76 Å². The Kier molecular flexibility index (Phi) is 1.54. The van der Waals surface area contributed by atoms with Crippen LogP contribution in [0.4, 0.5) is 5.82 Å². The Bertz CT molecular complexity index is 463. The highest BCUT2D eigenvalue weighted by Gasteiger charge is 2.24. The first-order chi connectivity index (χ1) is 7.43. The van der Waals surface area contributed by atoms with Crippen molar-refractivity contribution in [3.05, 3.63) is 24.7 Å². The molecule has 1 radical (unpaired) electrons. The van der Waals surface area contributed by atoms with Crippen molar-refractivity contribution in [2.75, 3.05) is 5.17 Å². The molecule has 0 spiro atoms. The van der Waals surface area contributed by atoms with E-state index in [1.807, 2.05) is 0 Å². The number of hydrazine groups is 1. The van der Waals surface area contributed by atoms with E-state index in [-0.39, 0.29) is 11.6 Å². The van der Waals surface area contributed by atoms with Gasteiger partial charge in [0, 0.05) is 5.27 Å². The first kappa shape index (κ1) is 7.79. The van der Waals surface area contributed by atoms with Crippen molar-refractivity contribution in [2.24, 2.45) is 0 Å². The first-order valence-electron chi connectivity index (χ1n) is 3.84. The second kappa shape index (κ2) is 2.97. The van der Waals surface area contributed by atoms with Crippen molar-refractivity contribution in [1.82, 2.24) is 26.0 Å². The Morgan fingerprint density at radius 2 is 2.40 bits per heavy atom. The van der Waals surface area contributed by atoms with Gasteiger partial charge >= 0.3 is 0 Å². The van der Waals surface area contributed by atoms with E-state index in [9.17, 15) is 0 Å². The maximum atomic E-state index is 5.22. The van der Waals surface area contributed by atoms with E-state index in [4.69, 9.17) is 9.25 Å². The predicted molar refractivity (Wildman–Crippen MR) is 41.9 cm³/mol. The highest BCUT2D eigenvalue weighted by atomic mass is 16.7. The molecule has 9 heteroatoms. The molecule has 0 amide bonds. The van der Waals surface area contributed by atoms with Crippen LogP contribution in [0.2, 0.25) is 0 Å². The lowest BCUT2D eigenvalue weighted by Gasteiger charge is -2.11. The molecule has 1 aliphatic rings. The summed E-state index contributed by atoms with van der Waals surface area (Å²) in [5.74, 6) is 0.814. The van der Waals surface area contributed by atoms with E-state index in [1.54, 1.807) is 0 Å². The highest BCUT2D eigenvalue weighted by molar-refractivity contribution is 5.52. The van der Waals surface area contributed by atoms with Gasteiger partial charge in [0.05, 0.1) is 0 Å². The third kappa shape index (κ3) is 1.25. The molecule has 0 aromatic carbocycles. The van der Waals surface area contributed by atoms with Crippen LogP contribution < -0.4 is 10.6 Å². The molecule has 1 N–H and O–H groups in total. The molecule has 0 atom stereocenters. The van der Waals surface area contributed by atoms with Crippen LogP contribution in [0, 0.1) is 6.20 Å². The number of rotatable bonds is 2. The van der Waals surface area contributed by atoms with Crippen molar-refractivity contribution in [3.8, 4) is 0 Å². The van der Waals surface area contributed by atoms with Crippen molar-refractivity contribution in [3.63, 3.8) is 0 Å². The number of nitrogens with zero attached hydrogens (tertiary/aromatic N) is 5.